The van der Waals surface area contributed by atoms with E-state index in [1.54, 1.807) is 0 Å². The molecule has 1 rings (SSSR count). The Kier molecular flexibility index (Phi) is 2.99. The summed E-state index contributed by atoms with van der Waals surface area (Å²) < 4.78 is 0. The first kappa shape index (κ1) is 13.0. The molecule has 0 spiro atoms. The molecule has 1 aliphatic heterocycles. The molecule has 0 aliphatic carbocycles. The van der Waals surface area contributed by atoms with Crippen LogP contribution in [-0.2, 0) is 5.21 Å². The maximum Gasteiger partial charge on any atom is 0.0472 e. The van der Waals surface area contributed by atoms with E-state index in [9.17, 15) is 5.21 Å². The lowest BCUT2D eigenvalue weighted by atomic mass is 9.75. The molecule has 1 heterocycles. The number of hydrogen-bond acceptors (Lipinski definition) is 1. The minimum atomic E-state index is -0.212. The molecule has 2 nitrogen and oxygen atoms in total. The van der Waals surface area contributed by atoms with Crippen molar-refractivity contribution in [2.24, 2.45) is 11.3 Å². The summed E-state index contributed by atoms with van der Waals surface area (Å²) in [7, 11) is 0. The first-order valence-corrected chi connectivity index (χ1v) is 5.94. The second-order valence-electron chi connectivity index (χ2n) is 7.43. The van der Waals surface area contributed by atoms with Gasteiger partial charge >= 0.3 is 0 Å². The molecule has 1 saturated heterocycles. The molecular weight excluding hydrogens is 186 g/mol. The van der Waals surface area contributed by atoms with Gasteiger partial charge in [0.25, 0.3) is 0 Å². The highest BCUT2D eigenvalue weighted by atomic mass is 16.5. The van der Waals surface area contributed by atoms with Crippen LogP contribution in [-0.4, -0.2) is 16.1 Å². The molecule has 0 bridgehead atoms. The van der Waals surface area contributed by atoms with Gasteiger partial charge in [-0.2, -0.15) is 0 Å². The number of hydroxylamine groups is 2. The van der Waals surface area contributed by atoms with Crippen LogP contribution in [0.25, 0.3) is 0 Å². The van der Waals surface area contributed by atoms with E-state index in [1.807, 2.05) is 0 Å². The normalized spacial score (nSPS) is 30.8. The SMILES string of the molecule is CC(C)(C)CC1CC(C)(C)N([O])C1(C)C. The van der Waals surface area contributed by atoms with Crippen LogP contribution in [0.3, 0.4) is 0 Å². The third kappa shape index (κ3) is 2.54. The third-order valence-electron chi connectivity index (χ3n) is 3.68. The smallest absolute Gasteiger partial charge is 0.0472 e. The summed E-state index contributed by atoms with van der Waals surface area (Å²) in [5.41, 5.74) is -0.0978. The Bertz CT molecular complexity index is 235. The van der Waals surface area contributed by atoms with Gasteiger partial charge in [-0.15, -0.1) is 10.3 Å². The molecule has 1 aliphatic rings. The average Bonchev–Trinajstić information content (AvgIpc) is 2.09. The van der Waals surface area contributed by atoms with Crippen LogP contribution < -0.4 is 0 Å². The summed E-state index contributed by atoms with van der Waals surface area (Å²) in [4.78, 5) is 0. The molecule has 2 heteroatoms. The maximum atomic E-state index is 12.2. The summed E-state index contributed by atoms with van der Waals surface area (Å²) in [5, 5.41) is 13.5. The van der Waals surface area contributed by atoms with E-state index < -0.39 is 0 Å². The van der Waals surface area contributed by atoms with E-state index in [0.717, 1.165) is 12.8 Å². The summed E-state index contributed by atoms with van der Waals surface area (Å²) in [6.07, 6.45) is 2.14. The zero-order chi connectivity index (χ0) is 12.1. The van der Waals surface area contributed by atoms with Crippen molar-refractivity contribution in [3.8, 4) is 0 Å². The van der Waals surface area contributed by atoms with Gasteiger partial charge in [0.05, 0.1) is 0 Å². The second-order valence-corrected chi connectivity index (χ2v) is 7.43. The topological polar surface area (TPSA) is 23.1 Å². The van der Waals surface area contributed by atoms with Crippen LogP contribution in [0.1, 0.15) is 61.3 Å². The van der Waals surface area contributed by atoms with Crippen molar-refractivity contribution < 1.29 is 5.21 Å². The fourth-order valence-electron chi connectivity index (χ4n) is 2.94. The van der Waals surface area contributed by atoms with Gasteiger partial charge in [0.1, 0.15) is 0 Å². The average molecular weight is 212 g/mol. The van der Waals surface area contributed by atoms with Gasteiger partial charge in [0.2, 0.25) is 0 Å². The van der Waals surface area contributed by atoms with Crippen LogP contribution >= 0.6 is 0 Å². The van der Waals surface area contributed by atoms with Crippen LogP contribution in [0, 0.1) is 11.3 Å². The van der Waals surface area contributed by atoms with E-state index >= 15 is 0 Å². The van der Waals surface area contributed by atoms with Gasteiger partial charge in [-0.25, -0.2) is 0 Å². The van der Waals surface area contributed by atoms with E-state index in [4.69, 9.17) is 0 Å². The Morgan fingerprint density at radius 1 is 1.20 bits per heavy atom. The first-order valence-electron chi connectivity index (χ1n) is 5.94. The fraction of sp³-hybridized carbons (Fsp3) is 1.00. The second kappa shape index (κ2) is 3.46. The van der Waals surface area contributed by atoms with Crippen molar-refractivity contribution in [2.45, 2.75) is 72.4 Å². The maximum absolute atomic E-state index is 12.2. The molecule has 0 aromatic heterocycles. The molecule has 89 valence electrons. The molecule has 1 radical (unpaired) electrons. The Hall–Kier alpha value is -0.0800. The lowest BCUT2D eigenvalue weighted by Gasteiger charge is -2.35. The minimum absolute atomic E-state index is 0.195. The Balaban J connectivity index is 2.85. The summed E-state index contributed by atoms with van der Waals surface area (Å²) in [6, 6.07) is 0. The van der Waals surface area contributed by atoms with Gasteiger partial charge in [0, 0.05) is 11.1 Å². The Morgan fingerprint density at radius 3 is 1.93 bits per heavy atom. The Morgan fingerprint density at radius 2 is 1.67 bits per heavy atom. The van der Waals surface area contributed by atoms with E-state index in [-0.39, 0.29) is 11.1 Å². The molecule has 1 fully saturated rings. The van der Waals surface area contributed by atoms with Crippen molar-refractivity contribution in [2.75, 3.05) is 0 Å². The molecule has 0 aromatic rings. The standard InChI is InChI=1S/C13H26NO/c1-11(2,3)8-10-9-12(4,5)14(15)13(10,6)7/h10H,8-9H2,1-7H3. The largest absolute Gasteiger partial charge is 0.144 e. The van der Waals surface area contributed by atoms with Crippen molar-refractivity contribution >= 4 is 0 Å². The highest BCUT2D eigenvalue weighted by Gasteiger charge is 2.52. The van der Waals surface area contributed by atoms with E-state index in [1.165, 1.54) is 5.06 Å². The zero-order valence-corrected chi connectivity index (χ0v) is 11.3. The molecule has 15 heavy (non-hydrogen) atoms. The van der Waals surface area contributed by atoms with Gasteiger partial charge in [-0.1, -0.05) is 20.8 Å². The predicted octanol–water partition coefficient (Wildman–Crippen LogP) is 3.65. The third-order valence-corrected chi connectivity index (χ3v) is 3.68. The quantitative estimate of drug-likeness (QED) is 0.650. The molecule has 1 atom stereocenters. The summed E-state index contributed by atoms with van der Waals surface area (Å²) >= 11 is 0. The van der Waals surface area contributed by atoms with Crippen molar-refractivity contribution in [1.82, 2.24) is 5.06 Å². The monoisotopic (exact) mass is 212 g/mol. The van der Waals surface area contributed by atoms with Crippen molar-refractivity contribution in [3.05, 3.63) is 0 Å². The zero-order valence-electron chi connectivity index (χ0n) is 11.3. The molecular formula is C13H26NO. The van der Waals surface area contributed by atoms with Crippen molar-refractivity contribution in [1.29, 1.82) is 0 Å². The minimum Gasteiger partial charge on any atom is -0.144 e. The van der Waals surface area contributed by atoms with Crippen LogP contribution in [0.4, 0.5) is 0 Å². The van der Waals surface area contributed by atoms with Crippen LogP contribution in [0.5, 0.6) is 0 Å². The van der Waals surface area contributed by atoms with Crippen LogP contribution in [0.15, 0.2) is 0 Å². The highest BCUT2D eigenvalue weighted by Crippen LogP contribution is 2.47. The van der Waals surface area contributed by atoms with E-state index in [0.29, 0.717) is 11.3 Å². The molecule has 0 saturated carbocycles. The number of rotatable bonds is 1. The number of nitrogens with zero attached hydrogens (tertiary/aromatic N) is 1. The van der Waals surface area contributed by atoms with E-state index in [2.05, 4.69) is 48.5 Å². The Labute approximate surface area is 94.6 Å². The lowest BCUT2D eigenvalue weighted by molar-refractivity contribution is -0.249. The molecule has 0 N–H and O–H groups in total. The fourth-order valence-corrected chi connectivity index (χ4v) is 2.94. The summed E-state index contributed by atoms with van der Waals surface area (Å²) in [6.45, 7) is 15.1. The lowest BCUT2D eigenvalue weighted by Crippen LogP contribution is -2.46. The summed E-state index contributed by atoms with van der Waals surface area (Å²) in [5.74, 6) is 0.505. The van der Waals surface area contributed by atoms with Gasteiger partial charge in [-0.05, 0) is 51.9 Å². The number of hydrogen-bond donors (Lipinski definition) is 0. The van der Waals surface area contributed by atoms with Gasteiger partial charge in [-0.3, -0.25) is 0 Å². The predicted molar refractivity (Wildman–Crippen MR) is 62.9 cm³/mol. The highest BCUT2D eigenvalue weighted by molar-refractivity contribution is 5.02. The molecule has 0 amide bonds. The van der Waals surface area contributed by atoms with Gasteiger partial charge < -0.3 is 0 Å². The van der Waals surface area contributed by atoms with Gasteiger partial charge in [0.15, 0.2) is 0 Å². The molecule has 0 aromatic carbocycles. The van der Waals surface area contributed by atoms with Crippen LogP contribution in [0.2, 0.25) is 0 Å². The molecule has 1 unspecified atom stereocenters. The van der Waals surface area contributed by atoms with Crippen molar-refractivity contribution in [3.63, 3.8) is 0 Å². The first-order chi connectivity index (χ1) is 6.47.